The molecule has 2 aromatic rings. The molecule has 0 amide bonds. The predicted molar refractivity (Wildman–Crippen MR) is 59.1 cm³/mol. The minimum atomic E-state index is 0.551. The number of nitriles is 2. The van der Waals surface area contributed by atoms with Gasteiger partial charge in [0.05, 0.1) is 29.5 Å². The zero-order valence-corrected chi connectivity index (χ0v) is 8.73. The van der Waals surface area contributed by atoms with Crippen LogP contribution in [0.2, 0.25) is 0 Å². The van der Waals surface area contributed by atoms with Gasteiger partial charge >= 0.3 is 0 Å². The van der Waals surface area contributed by atoms with E-state index >= 15 is 0 Å². The smallest absolute Gasteiger partial charge is 0.0998 e. The normalized spacial score (nSPS) is 9.44. The van der Waals surface area contributed by atoms with Crippen LogP contribution in [0.15, 0.2) is 30.3 Å². The Bertz CT molecular complexity index is 609. The Morgan fingerprint density at radius 2 is 2.00 bits per heavy atom. The van der Waals surface area contributed by atoms with E-state index in [-0.39, 0.29) is 0 Å². The third-order valence-electron chi connectivity index (χ3n) is 2.42. The molecule has 1 aromatic carbocycles. The van der Waals surface area contributed by atoms with Crippen LogP contribution in [0.25, 0.3) is 11.3 Å². The molecular weight excluding hydrogens is 198 g/mol. The molecule has 0 unspecified atom stereocenters. The number of rotatable bonds is 1. The van der Waals surface area contributed by atoms with Crippen molar-refractivity contribution in [3.05, 3.63) is 47.7 Å². The average Bonchev–Trinajstić information content (AvgIpc) is 2.74. The third kappa shape index (κ3) is 1.55. The van der Waals surface area contributed by atoms with Crippen molar-refractivity contribution >= 4 is 0 Å². The molecule has 0 atom stereocenters. The number of hydrogen-bond donors (Lipinski definition) is 0. The van der Waals surface area contributed by atoms with Crippen molar-refractivity contribution in [3.8, 4) is 23.4 Å². The quantitative estimate of drug-likeness (QED) is 0.718. The van der Waals surface area contributed by atoms with Gasteiger partial charge in [0.15, 0.2) is 0 Å². The monoisotopic (exact) mass is 206 g/mol. The van der Waals surface area contributed by atoms with Crippen molar-refractivity contribution < 1.29 is 0 Å². The van der Waals surface area contributed by atoms with Gasteiger partial charge in [0.1, 0.15) is 0 Å². The van der Waals surface area contributed by atoms with E-state index in [0.29, 0.717) is 11.1 Å². The molecule has 1 radical (unpaired) electrons. The van der Waals surface area contributed by atoms with Crippen LogP contribution in [0, 0.1) is 28.9 Å². The van der Waals surface area contributed by atoms with Crippen LogP contribution in [0.3, 0.4) is 0 Å². The van der Waals surface area contributed by atoms with Gasteiger partial charge in [0, 0.05) is 18.3 Å². The van der Waals surface area contributed by atoms with Crippen molar-refractivity contribution in [1.82, 2.24) is 4.57 Å². The molecule has 0 N–H and O–H groups in total. The van der Waals surface area contributed by atoms with Gasteiger partial charge in [-0.2, -0.15) is 10.5 Å². The molecule has 3 nitrogen and oxygen atoms in total. The van der Waals surface area contributed by atoms with Gasteiger partial charge in [0.2, 0.25) is 0 Å². The first-order valence-corrected chi connectivity index (χ1v) is 4.74. The standard InChI is InChI=1S/C13H8N3/c1-16-6-2-3-13(16)12-7-10(8-14)4-5-11(12)9-15/h2-5,7H,1H3. The minimum Gasteiger partial charge on any atom is -0.342 e. The topological polar surface area (TPSA) is 52.5 Å². The fraction of sp³-hybridized carbons (Fsp3) is 0.0769. The zero-order valence-electron chi connectivity index (χ0n) is 8.73. The summed E-state index contributed by atoms with van der Waals surface area (Å²) in [6, 6.07) is 12.9. The van der Waals surface area contributed by atoms with E-state index in [2.05, 4.69) is 18.3 Å². The fourth-order valence-corrected chi connectivity index (χ4v) is 1.60. The molecule has 16 heavy (non-hydrogen) atoms. The highest BCUT2D eigenvalue weighted by atomic mass is 14.9. The highest BCUT2D eigenvalue weighted by Crippen LogP contribution is 2.24. The van der Waals surface area contributed by atoms with E-state index in [0.717, 1.165) is 11.3 Å². The molecule has 0 spiro atoms. The fourth-order valence-electron chi connectivity index (χ4n) is 1.60. The molecule has 0 saturated heterocycles. The second-order valence-electron chi connectivity index (χ2n) is 3.39. The molecule has 0 aliphatic carbocycles. The Labute approximate surface area is 93.8 Å². The summed E-state index contributed by atoms with van der Waals surface area (Å²) in [5.41, 5.74) is 2.77. The van der Waals surface area contributed by atoms with E-state index < -0.39 is 0 Å². The lowest BCUT2D eigenvalue weighted by molar-refractivity contribution is 0.928. The molecular formula is C13H8N3. The van der Waals surface area contributed by atoms with Crippen LogP contribution in [0.1, 0.15) is 11.1 Å². The molecule has 1 aromatic heterocycles. The molecule has 75 valence electrons. The number of nitrogens with zero attached hydrogens (tertiary/aromatic N) is 3. The van der Waals surface area contributed by atoms with Gasteiger partial charge in [-0.3, -0.25) is 0 Å². The molecule has 0 aliphatic rings. The zero-order chi connectivity index (χ0) is 11.5. The lowest BCUT2D eigenvalue weighted by atomic mass is 10.0. The van der Waals surface area contributed by atoms with Crippen molar-refractivity contribution in [1.29, 1.82) is 10.5 Å². The number of benzene rings is 1. The molecule has 0 bridgehead atoms. The van der Waals surface area contributed by atoms with Crippen molar-refractivity contribution in [2.24, 2.45) is 7.05 Å². The van der Waals surface area contributed by atoms with E-state index in [9.17, 15) is 0 Å². The van der Waals surface area contributed by atoms with Gasteiger partial charge in [-0.25, -0.2) is 0 Å². The first kappa shape index (κ1) is 10.0. The summed E-state index contributed by atoms with van der Waals surface area (Å²) in [6.07, 6.45) is 2.98. The van der Waals surface area contributed by atoms with Crippen LogP contribution in [-0.2, 0) is 7.05 Å². The van der Waals surface area contributed by atoms with Crippen molar-refractivity contribution in [3.63, 3.8) is 0 Å². The summed E-state index contributed by atoms with van der Waals surface area (Å²) in [7, 11) is 1.86. The first-order chi connectivity index (χ1) is 7.76. The van der Waals surface area contributed by atoms with Gasteiger partial charge in [-0.1, -0.05) is 0 Å². The molecule has 3 heteroatoms. The number of aryl methyl sites for hydroxylation is 1. The molecule has 0 saturated carbocycles. The minimum absolute atomic E-state index is 0.551. The van der Waals surface area contributed by atoms with E-state index in [1.165, 1.54) is 0 Å². The molecule has 0 fully saturated rings. The Kier molecular flexibility index (Phi) is 2.45. The lowest BCUT2D eigenvalue weighted by Gasteiger charge is -2.05. The summed E-state index contributed by atoms with van der Waals surface area (Å²) >= 11 is 0. The van der Waals surface area contributed by atoms with Crippen LogP contribution in [-0.4, -0.2) is 4.57 Å². The summed E-state index contributed by atoms with van der Waals surface area (Å²) in [5, 5.41) is 17.9. The Morgan fingerprint density at radius 1 is 1.19 bits per heavy atom. The average molecular weight is 206 g/mol. The molecule has 0 aliphatic heterocycles. The van der Waals surface area contributed by atoms with Crippen LogP contribution < -0.4 is 0 Å². The third-order valence-corrected chi connectivity index (χ3v) is 2.42. The summed E-state index contributed by atoms with van der Waals surface area (Å²) in [5.74, 6) is 0. The maximum atomic E-state index is 9.02. The second kappa shape index (κ2) is 3.92. The van der Waals surface area contributed by atoms with Gasteiger partial charge in [0.25, 0.3) is 0 Å². The molecule has 2 rings (SSSR count). The second-order valence-corrected chi connectivity index (χ2v) is 3.39. The van der Waals surface area contributed by atoms with E-state index in [1.54, 1.807) is 28.8 Å². The maximum absolute atomic E-state index is 9.02. The Morgan fingerprint density at radius 3 is 2.56 bits per heavy atom. The summed E-state index contributed by atoms with van der Waals surface area (Å²) in [6.45, 7) is 0. The highest BCUT2D eigenvalue weighted by Gasteiger charge is 2.08. The largest absolute Gasteiger partial charge is 0.342 e. The Hall–Kier alpha value is -2.52. The van der Waals surface area contributed by atoms with Gasteiger partial charge in [-0.15, -0.1) is 0 Å². The lowest BCUT2D eigenvalue weighted by Crippen LogP contribution is -1.93. The van der Waals surface area contributed by atoms with E-state index in [1.807, 2.05) is 13.1 Å². The summed E-state index contributed by atoms with van der Waals surface area (Å²) in [4.78, 5) is 0. The number of aromatic nitrogens is 1. The van der Waals surface area contributed by atoms with E-state index in [4.69, 9.17) is 10.5 Å². The van der Waals surface area contributed by atoms with Crippen LogP contribution in [0.5, 0.6) is 0 Å². The SMILES string of the molecule is Cn1[c]ccc1-c1cc(C#N)ccc1C#N. The Balaban J connectivity index is 2.69. The maximum Gasteiger partial charge on any atom is 0.0998 e. The summed E-state index contributed by atoms with van der Waals surface area (Å²) < 4.78 is 1.80. The van der Waals surface area contributed by atoms with Gasteiger partial charge in [-0.05, 0) is 30.3 Å². The molecule has 1 heterocycles. The number of hydrogen-bond acceptors (Lipinski definition) is 2. The van der Waals surface area contributed by atoms with Crippen molar-refractivity contribution in [2.75, 3.05) is 0 Å². The highest BCUT2D eigenvalue weighted by molar-refractivity contribution is 5.69. The van der Waals surface area contributed by atoms with Crippen LogP contribution >= 0.6 is 0 Å². The van der Waals surface area contributed by atoms with Gasteiger partial charge < -0.3 is 4.57 Å². The predicted octanol–water partition coefficient (Wildman–Crippen LogP) is 2.24. The first-order valence-electron chi connectivity index (χ1n) is 4.74. The van der Waals surface area contributed by atoms with Crippen molar-refractivity contribution in [2.45, 2.75) is 0 Å². The van der Waals surface area contributed by atoms with Crippen LogP contribution in [0.4, 0.5) is 0 Å².